The number of benzene rings is 2. The number of anilines is 1. The van der Waals surface area contributed by atoms with Gasteiger partial charge in [-0.05, 0) is 37.3 Å². The van der Waals surface area contributed by atoms with E-state index in [2.05, 4.69) is 0 Å². The molecule has 2 aromatic rings. The minimum Gasteiger partial charge on any atom is -0.497 e. The molecule has 1 aliphatic heterocycles. The van der Waals surface area contributed by atoms with Crippen LogP contribution < -0.4 is 9.64 Å². The number of carbonyl (C=O) groups excluding carboxylic acids is 2. The normalized spacial score (nSPS) is 17.4. The summed E-state index contributed by atoms with van der Waals surface area (Å²) in [5.74, 6) is 0.296. The summed E-state index contributed by atoms with van der Waals surface area (Å²) in [6, 6.07) is 11.4. The van der Waals surface area contributed by atoms with Gasteiger partial charge in [0.2, 0.25) is 5.91 Å². The average Bonchev–Trinajstić information content (AvgIpc) is 2.65. The Morgan fingerprint density at radius 1 is 1.12 bits per heavy atom. The summed E-state index contributed by atoms with van der Waals surface area (Å²) in [4.78, 5) is 28.9. The molecule has 5 nitrogen and oxygen atoms in total. The van der Waals surface area contributed by atoms with Gasteiger partial charge in [-0.1, -0.05) is 29.3 Å². The molecule has 0 bridgehead atoms. The van der Waals surface area contributed by atoms with Crippen molar-refractivity contribution in [2.24, 2.45) is 0 Å². The van der Waals surface area contributed by atoms with Crippen LogP contribution in [0.4, 0.5) is 5.69 Å². The smallest absolute Gasteiger partial charge is 0.254 e. The minimum atomic E-state index is -0.586. The summed E-state index contributed by atoms with van der Waals surface area (Å²) >= 11 is 11.9. The molecular weight excluding hydrogens is 375 g/mol. The number of carbonyl (C=O) groups is 2. The molecule has 136 valence electrons. The molecule has 1 fully saturated rings. The highest BCUT2D eigenvalue weighted by molar-refractivity contribution is 6.42. The molecule has 2 aromatic carbocycles. The van der Waals surface area contributed by atoms with Gasteiger partial charge in [-0.15, -0.1) is 0 Å². The van der Waals surface area contributed by atoms with Crippen LogP contribution in [0.1, 0.15) is 17.3 Å². The molecule has 1 aliphatic rings. The van der Waals surface area contributed by atoms with E-state index in [9.17, 15) is 9.59 Å². The van der Waals surface area contributed by atoms with Crippen molar-refractivity contribution in [1.82, 2.24) is 4.90 Å². The Labute approximate surface area is 162 Å². The van der Waals surface area contributed by atoms with E-state index in [1.807, 2.05) is 18.2 Å². The number of hydrogen-bond acceptors (Lipinski definition) is 3. The Morgan fingerprint density at radius 3 is 2.58 bits per heavy atom. The summed E-state index contributed by atoms with van der Waals surface area (Å²) in [7, 11) is 1.58. The lowest BCUT2D eigenvalue weighted by Crippen LogP contribution is -2.57. The van der Waals surface area contributed by atoms with Crippen LogP contribution in [0.3, 0.4) is 0 Å². The van der Waals surface area contributed by atoms with Crippen LogP contribution in [-0.2, 0) is 4.79 Å². The zero-order valence-corrected chi connectivity index (χ0v) is 15.9. The molecule has 1 saturated heterocycles. The van der Waals surface area contributed by atoms with E-state index in [0.29, 0.717) is 34.4 Å². The lowest BCUT2D eigenvalue weighted by molar-refractivity contribution is -0.124. The zero-order chi connectivity index (χ0) is 18.8. The summed E-state index contributed by atoms with van der Waals surface area (Å²) in [5, 5.41) is 0.696. The van der Waals surface area contributed by atoms with Crippen molar-refractivity contribution in [1.29, 1.82) is 0 Å². The van der Waals surface area contributed by atoms with E-state index in [0.717, 1.165) is 5.69 Å². The van der Waals surface area contributed by atoms with Gasteiger partial charge in [0.05, 0.1) is 17.2 Å². The minimum absolute atomic E-state index is 0.141. The average molecular weight is 393 g/mol. The van der Waals surface area contributed by atoms with Gasteiger partial charge in [-0.25, -0.2) is 0 Å². The summed E-state index contributed by atoms with van der Waals surface area (Å²) in [6.45, 7) is 2.55. The second-order valence-electron chi connectivity index (χ2n) is 5.99. The topological polar surface area (TPSA) is 49.9 Å². The first-order valence-electron chi connectivity index (χ1n) is 8.14. The highest BCUT2D eigenvalue weighted by atomic mass is 35.5. The number of ether oxygens (including phenoxy) is 1. The first-order valence-corrected chi connectivity index (χ1v) is 8.89. The molecule has 0 N–H and O–H groups in total. The van der Waals surface area contributed by atoms with Gasteiger partial charge in [0, 0.05) is 30.4 Å². The predicted octanol–water partition coefficient (Wildman–Crippen LogP) is 3.88. The van der Waals surface area contributed by atoms with E-state index in [1.165, 1.54) is 6.07 Å². The Kier molecular flexibility index (Phi) is 5.39. The SMILES string of the molecule is COc1cccc(N2CCN(C(=O)c3ccc(Cl)c(Cl)c3)C(C)C2=O)c1. The van der Waals surface area contributed by atoms with Crippen LogP contribution in [0, 0.1) is 0 Å². The molecule has 2 amide bonds. The maximum atomic E-state index is 12.8. The molecule has 0 saturated carbocycles. The van der Waals surface area contributed by atoms with E-state index < -0.39 is 6.04 Å². The van der Waals surface area contributed by atoms with Crippen molar-refractivity contribution in [3.63, 3.8) is 0 Å². The highest BCUT2D eigenvalue weighted by Crippen LogP contribution is 2.27. The fourth-order valence-electron chi connectivity index (χ4n) is 2.98. The first-order chi connectivity index (χ1) is 12.4. The summed E-state index contributed by atoms with van der Waals surface area (Å²) < 4.78 is 5.22. The third-order valence-corrected chi connectivity index (χ3v) is 5.19. The van der Waals surface area contributed by atoms with E-state index in [-0.39, 0.29) is 11.8 Å². The quantitative estimate of drug-likeness (QED) is 0.796. The Hall–Kier alpha value is -2.24. The monoisotopic (exact) mass is 392 g/mol. The highest BCUT2D eigenvalue weighted by Gasteiger charge is 2.35. The molecule has 7 heteroatoms. The largest absolute Gasteiger partial charge is 0.497 e. The van der Waals surface area contributed by atoms with Crippen molar-refractivity contribution in [3.8, 4) is 5.75 Å². The van der Waals surface area contributed by atoms with Crippen molar-refractivity contribution < 1.29 is 14.3 Å². The second-order valence-corrected chi connectivity index (χ2v) is 6.81. The second kappa shape index (κ2) is 7.56. The maximum absolute atomic E-state index is 12.8. The van der Waals surface area contributed by atoms with Crippen LogP contribution in [0.15, 0.2) is 42.5 Å². The molecule has 3 rings (SSSR count). The third-order valence-electron chi connectivity index (χ3n) is 4.45. The molecule has 26 heavy (non-hydrogen) atoms. The van der Waals surface area contributed by atoms with E-state index in [1.54, 1.807) is 42.0 Å². The fourth-order valence-corrected chi connectivity index (χ4v) is 3.28. The van der Waals surface area contributed by atoms with E-state index in [4.69, 9.17) is 27.9 Å². The van der Waals surface area contributed by atoms with Gasteiger partial charge in [0.25, 0.3) is 5.91 Å². The van der Waals surface area contributed by atoms with E-state index >= 15 is 0 Å². The maximum Gasteiger partial charge on any atom is 0.254 e. The number of halogens is 2. The molecule has 1 atom stereocenters. The number of methoxy groups -OCH3 is 1. The van der Waals surface area contributed by atoms with Gasteiger partial charge < -0.3 is 14.5 Å². The van der Waals surface area contributed by atoms with Gasteiger partial charge in [0.1, 0.15) is 11.8 Å². The lowest BCUT2D eigenvalue weighted by Gasteiger charge is -2.39. The van der Waals surface area contributed by atoms with Gasteiger partial charge >= 0.3 is 0 Å². The Morgan fingerprint density at radius 2 is 1.88 bits per heavy atom. The van der Waals surface area contributed by atoms with Gasteiger partial charge in [-0.3, -0.25) is 9.59 Å². The molecular formula is C19H18Cl2N2O3. The summed E-state index contributed by atoms with van der Waals surface area (Å²) in [5.41, 5.74) is 1.16. The number of amides is 2. The van der Waals surface area contributed by atoms with Crippen molar-refractivity contribution in [2.45, 2.75) is 13.0 Å². The van der Waals surface area contributed by atoms with Crippen LogP contribution >= 0.6 is 23.2 Å². The van der Waals surface area contributed by atoms with Crippen LogP contribution in [0.25, 0.3) is 0 Å². The van der Waals surface area contributed by atoms with Gasteiger partial charge in [-0.2, -0.15) is 0 Å². The molecule has 1 heterocycles. The first kappa shape index (κ1) is 18.5. The zero-order valence-electron chi connectivity index (χ0n) is 14.4. The molecule has 0 radical (unpaired) electrons. The van der Waals surface area contributed by atoms with Gasteiger partial charge in [0.15, 0.2) is 0 Å². The summed E-state index contributed by atoms with van der Waals surface area (Å²) in [6.07, 6.45) is 0. The van der Waals surface area contributed by atoms with Crippen molar-refractivity contribution >= 4 is 40.7 Å². The lowest BCUT2D eigenvalue weighted by atomic mass is 10.1. The van der Waals surface area contributed by atoms with Crippen molar-refractivity contribution in [3.05, 3.63) is 58.1 Å². The van der Waals surface area contributed by atoms with Crippen LogP contribution in [0.5, 0.6) is 5.75 Å². The Bertz CT molecular complexity index is 856. The molecule has 1 unspecified atom stereocenters. The number of hydrogen-bond donors (Lipinski definition) is 0. The number of rotatable bonds is 3. The molecule has 0 aliphatic carbocycles. The predicted molar refractivity (Wildman–Crippen MR) is 102 cm³/mol. The van der Waals surface area contributed by atoms with Crippen molar-refractivity contribution in [2.75, 3.05) is 25.1 Å². The molecule has 0 spiro atoms. The number of piperazine rings is 1. The Balaban J connectivity index is 1.80. The number of nitrogens with zero attached hydrogens (tertiary/aromatic N) is 2. The third kappa shape index (κ3) is 3.50. The van der Waals surface area contributed by atoms with Crippen LogP contribution in [-0.4, -0.2) is 43.0 Å². The molecule has 0 aromatic heterocycles. The standard InChI is InChI=1S/C19H18Cl2N2O3/c1-12-18(24)23(14-4-3-5-15(11-14)26-2)9-8-22(12)19(25)13-6-7-16(20)17(21)10-13/h3-7,10-12H,8-9H2,1-2H3. The fraction of sp³-hybridized carbons (Fsp3) is 0.263. The van der Waals surface area contributed by atoms with Crippen LogP contribution in [0.2, 0.25) is 10.0 Å².